The van der Waals surface area contributed by atoms with E-state index in [2.05, 4.69) is 20.9 Å². The molecule has 0 saturated carbocycles. The van der Waals surface area contributed by atoms with Crippen molar-refractivity contribution in [2.75, 3.05) is 11.6 Å². The summed E-state index contributed by atoms with van der Waals surface area (Å²) in [4.78, 5) is 4.37. The minimum Gasteiger partial charge on any atom is -0.246 e. The number of halogens is 2. The number of alkyl halides is 1. The van der Waals surface area contributed by atoms with E-state index in [0.29, 0.717) is 5.88 Å². The van der Waals surface area contributed by atoms with E-state index in [1.54, 1.807) is 11.8 Å². The molecule has 0 radical (unpaired) electrons. The van der Waals surface area contributed by atoms with Gasteiger partial charge in [0.25, 0.3) is 0 Å². The number of pyridine rings is 1. The van der Waals surface area contributed by atoms with Gasteiger partial charge in [-0.1, -0.05) is 0 Å². The minimum absolute atomic E-state index is 0.668. The molecule has 0 saturated heterocycles. The monoisotopic (exact) mass is 265 g/mol. The molecule has 1 rings (SSSR count). The van der Waals surface area contributed by atoms with Crippen molar-refractivity contribution in [1.29, 1.82) is 0 Å². The fourth-order valence-corrected chi connectivity index (χ4v) is 1.85. The van der Waals surface area contributed by atoms with Gasteiger partial charge >= 0.3 is 0 Å². The smallest absolute Gasteiger partial charge is 0.0964 e. The Morgan fingerprint density at radius 2 is 2.33 bits per heavy atom. The molecule has 1 aromatic heterocycles. The van der Waals surface area contributed by atoms with Crippen LogP contribution in [0.25, 0.3) is 0 Å². The first kappa shape index (κ1) is 10.4. The van der Waals surface area contributed by atoms with Crippen LogP contribution in [0.3, 0.4) is 0 Å². The first-order valence-corrected chi connectivity index (χ1v) is 5.87. The molecule has 0 bridgehead atoms. The third kappa shape index (κ3) is 2.96. The van der Waals surface area contributed by atoms with Crippen molar-refractivity contribution < 1.29 is 0 Å². The van der Waals surface area contributed by atoms with Gasteiger partial charge in [0, 0.05) is 16.1 Å². The molecule has 1 heterocycles. The lowest BCUT2D eigenvalue weighted by molar-refractivity contribution is 1.05. The van der Waals surface area contributed by atoms with Crippen molar-refractivity contribution in [2.45, 2.75) is 11.9 Å². The zero-order valence-corrected chi connectivity index (χ0v) is 9.84. The highest BCUT2D eigenvalue weighted by atomic mass is 79.9. The average molecular weight is 267 g/mol. The highest BCUT2D eigenvalue weighted by molar-refractivity contribution is 9.10. The molecular weight excluding hydrogens is 258 g/mol. The standard InChI is InChI=1S/C8H9BrClNS/c1-6-7(9)2-3-8(11-6)12-5-4-10/h2-3H,4-5H2,1H3. The molecule has 0 unspecified atom stereocenters. The lowest BCUT2D eigenvalue weighted by Crippen LogP contribution is -1.87. The first-order chi connectivity index (χ1) is 5.74. The Morgan fingerprint density at radius 1 is 1.58 bits per heavy atom. The number of hydrogen-bond donors (Lipinski definition) is 0. The van der Waals surface area contributed by atoms with Crippen LogP contribution in [0.4, 0.5) is 0 Å². The third-order valence-electron chi connectivity index (χ3n) is 1.32. The van der Waals surface area contributed by atoms with Crippen molar-refractivity contribution >= 4 is 39.3 Å². The van der Waals surface area contributed by atoms with Crippen LogP contribution in [0.2, 0.25) is 0 Å². The van der Waals surface area contributed by atoms with E-state index in [0.717, 1.165) is 20.9 Å². The summed E-state index contributed by atoms with van der Waals surface area (Å²) in [5.74, 6) is 1.58. The number of rotatable bonds is 3. The molecule has 0 N–H and O–H groups in total. The van der Waals surface area contributed by atoms with Crippen LogP contribution in [-0.2, 0) is 0 Å². The fourth-order valence-electron chi connectivity index (χ4n) is 0.745. The molecule has 0 aliphatic heterocycles. The van der Waals surface area contributed by atoms with E-state index in [4.69, 9.17) is 11.6 Å². The SMILES string of the molecule is Cc1nc(SCCCl)ccc1Br. The molecule has 12 heavy (non-hydrogen) atoms. The number of thioether (sulfide) groups is 1. The van der Waals surface area contributed by atoms with Crippen molar-refractivity contribution in [1.82, 2.24) is 4.98 Å². The van der Waals surface area contributed by atoms with Gasteiger partial charge in [0.15, 0.2) is 0 Å². The largest absolute Gasteiger partial charge is 0.246 e. The predicted octanol–water partition coefficient (Wildman–Crippen LogP) is 3.48. The second-order valence-electron chi connectivity index (χ2n) is 2.25. The van der Waals surface area contributed by atoms with Gasteiger partial charge in [0.05, 0.1) is 10.7 Å². The molecule has 4 heteroatoms. The number of aryl methyl sites for hydroxylation is 1. The van der Waals surface area contributed by atoms with Gasteiger partial charge in [-0.25, -0.2) is 4.98 Å². The predicted molar refractivity (Wildman–Crippen MR) is 58.1 cm³/mol. The summed E-state index contributed by atoms with van der Waals surface area (Å²) in [6, 6.07) is 4.01. The van der Waals surface area contributed by atoms with Crippen LogP contribution >= 0.6 is 39.3 Å². The Hall–Kier alpha value is 0.270. The van der Waals surface area contributed by atoms with Crippen molar-refractivity contribution in [2.24, 2.45) is 0 Å². The Morgan fingerprint density at radius 3 is 2.92 bits per heavy atom. The average Bonchev–Trinajstić information content (AvgIpc) is 2.07. The van der Waals surface area contributed by atoms with E-state index >= 15 is 0 Å². The Kier molecular flexibility index (Phi) is 4.40. The maximum absolute atomic E-state index is 5.56. The first-order valence-electron chi connectivity index (χ1n) is 3.56. The van der Waals surface area contributed by atoms with Gasteiger partial charge in [-0.05, 0) is 35.0 Å². The third-order valence-corrected chi connectivity index (χ3v) is 3.51. The summed E-state index contributed by atoms with van der Waals surface area (Å²) >= 11 is 10.6. The molecule has 0 fully saturated rings. The Bertz CT molecular complexity index is 267. The summed E-state index contributed by atoms with van der Waals surface area (Å²) in [5, 5.41) is 1.04. The number of aromatic nitrogens is 1. The fraction of sp³-hybridized carbons (Fsp3) is 0.375. The molecule has 0 aromatic carbocycles. The maximum Gasteiger partial charge on any atom is 0.0964 e. The van der Waals surface area contributed by atoms with E-state index in [-0.39, 0.29) is 0 Å². The quantitative estimate of drug-likeness (QED) is 0.614. The van der Waals surface area contributed by atoms with Crippen molar-refractivity contribution in [3.8, 4) is 0 Å². The lowest BCUT2D eigenvalue weighted by Gasteiger charge is -2.00. The number of nitrogens with zero attached hydrogens (tertiary/aromatic N) is 1. The van der Waals surface area contributed by atoms with Gasteiger partial charge in [0.1, 0.15) is 0 Å². The highest BCUT2D eigenvalue weighted by Crippen LogP contribution is 2.20. The molecule has 66 valence electrons. The van der Waals surface area contributed by atoms with Gasteiger partial charge in [-0.2, -0.15) is 0 Å². The molecule has 0 atom stereocenters. The summed E-state index contributed by atoms with van der Waals surface area (Å²) in [5.41, 5.74) is 1.02. The number of hydrogen-bond acceptors (Lipinski definition) is 2. The van der Waals surface area contributed by atoms with Crippen molar-refractivity contribution in [3.63, 3.8) is 0 Å². The molecule has 1 nitrogen and oxygen atoms in total. The van der Waals surface area contributed by atoms with Crippen molar-refractivity contribution in [3.05, 3.63) is 22.3 Å². The molecular formula is C8H9BrClNS. The Labute approximate surface area is 90.0 Å². The second-order valence-corrected chi connectivity index (χ2v) is 4.60. The molecule has 1 aromatic rings. The topological polar surface area (TPSA) is 12.9 Å². The van der Waals surface area contributed by atoms with E-state index < -0.39 is 0 Å². The van der Waals surface area contributed by atoms with Crippen LogP contribution in [0.1, 0.15) is 5.69 Å². The highest BCUT2D eigenvalue weighted by Gasteiger charge is 1.98. The van der Waals surface area contributed by atoms with E-state index in [1.165, 1.54) is 0 Å². The van der Waals surface area contributed by atoms with Gasteiger partial charge in [-0.3, -0.25) is 0 Å². The molecule has 0 amide bonds. The molecule has 0 spiro atoms. The van der Waals surface area contributed by atoms with Crippen LogP contribution < -0.4 is 0 Å². The lowest BCUT2D eigenvalue weighted by atomic mass is 10.4. The molecule has 0 aliphatic carbocycles. The normalized spacial score (nSPS) is 10.2. The summed E-state index contributed by atoms with van der Waals surface area (Å²) in [6.45, 7) is 1.98. The second kappa shape index (κ2) is 5.10. The van der Waals surface area contributed by atoms with Gasteiger partial charge in [-0.15, -0.1) is 23.4 Å². The molecule has 0 aliphatic rings. The van der Waals surface area contributed by atoms with Crippen LogP contribution in [-0.4, -0.2) is 16.6 Å². The summed E-state index contributed by atoms with van der Waals surface area (Å²) in [7, 11) is 0. The van der Waals surface area contributed by atoms with Crippen LogP contribution in [0, 0.1) is 6.92 Å². The van der Waals surface area contributed by atoms with E-state index in [9.17, 15) is 0 Å². The summed E-state index contributed by atoms with van der Waals surface area (Å²) in [6.07, 6.45) is 0. The van der Waals surface area contributed by atoms with E-state index in [1.807, 2.05) is 19.1 Å². The minimum atomic E-state index is 0.668. The van der Waals surface area contributed by atoms with Crippen LogP contribution in [0.15, 0.2) is 21.6 Å². The maximum atomic E-state index is 5.56. The van der Waals surface area contributed by atoms with Crippen LogP contribution in [0.5, 0.6) is 0 Å². The Balaban J connectivity index is 2.69. The zero-order chi connectivity index (χ0) is 8.97. The summed E-state index contributed by atoms with van der Waals surface area (Å²) < 4.78 is 1.05. The zero-order valence-electron chi connectivity index (χ0n) is 6.68. The van der Waals surface area contributed by atoms with Gasteiger partial charge < -0.3 is 0 Å². The van der Waals surface area contributed by atoms with Gasteiger partial charge in [0.2, 0.25) is 0 Å².